The monoisotopic (exact) mass is 283 g/mol. The topological polar surface area (TPSA) is 139 Å². The maximum Gasteiger partial charge on any atom is 0.304 e. The maximum atomic E-state index is 11.5. The van der Waals surface area contributed by atoms with Crippen molar-refractivity contribution in [3.63, 3.8) is 0 Å². The molecule has 0 aliphatic heterocycles. The van der Waals surface area contributed by atoms with Crippen LogP contribution in [0.2, 0.25) is 0 Å². The van der Waals surface area contributed by atoms with E-state index in [1.54, 1.807) is 0 Å². The molecule has 0 unspecified atom stereocenters. The Morgan fingerprint density at radius 1 is 1.44 bits per heavy atom. The number of ether oxygens (including phenoxy) is 1. The van der Waals surface area contributed by atoms with Gasteiger partial charge in [-0.1, -0.05) is 0 Å². The molecule has 9 nitrogen and oxygen atoms in total. The average Bonchev–Trinajstić information content (AvgIpc) is 2.24. The van der Waals surface area contributed by atoms with E-state index in [1.165, 1.54) is 7.05 Å². The summed E-state index contributed by atoms with van der Waals surface area (Å²) in [5, 5.41) is 8.42. The number of carbonyl (C=O) groups is 2. The van der Waals surface area contributed by atoms with Crippen molar-refractivity contribution in [1.29, 1.82) is 0 Å². The fourth-order valence-corrected chi connectivity index (χ4v) is 1.79. The van der Waals surface area contributed by atoms with Gasteiger partial charge in [0.15, 0.2) is 0 Å². The van der Waals surface area contributed by atoms with Crippen LogP contribution in [0.4, 0.5) is 0 Å². The van der Waals surface area contributed by atoms with Crippen molar-refractivity contribution in [1.82, 2.24) is 9.03 Å². The number of carboxylic acids is 1. The molecule has 0 rings (SSSR count). The van der Waals surface area contributed by atoms with Crippen molar-refractivity contribution in [2.45, 2.75) is 6.42 Å². The predicted molar refractivity (Wildman–Crippen MR) is 61.8 cm³/mol. The Morgan fingerprint density at radius 3 is 2.56 bits per heavy atom. The Balaban J connectivity index is 3.92. The summed E-state index contributed by atoms with van der Waals surface area (Å²) in [5.74, 6) is -1.72. The number of amides is 1. The highest BCUT2D eigenvalue weighted by Gasteiger charge is 2.17. The standard InChI is InChI=1S/C8H17N3O6S/c1-11(4-2-8(13)14)18(15,16)10-3-5-17-6-7(9)12/h10H,2-6H2,1H3,(H2,9,12)(H,13,14). The van der Waals surface area contributed by atoms with Gasteiger partial charge in [-0.2, -0.15) is 17.4 Å². The van der Waals surface area contributed by atoms with Crippen LogP contribution in [0.1, 0.15) is 6.42 Å². The molecule has 0 saturated heterocycles. The molecule has 0 saturated carbocycles. The van der Waals surface area contributed by atoms with E-state index < -0.39 is 22.1 Å². The van der Waals surface area contributed by atoms with Gasteiger partial charge in [0, 0.05) is 20.1 Å². The van der Waals surface area contributed by atoms with Gasteiger partial charge in [-0.3, -0.25) is 9.59 Å². The molecule has 0 aliphatic carbocycles. The number of nitrogens with two attached hydrogens (primary N) is 1. The molecule has 0 spiro atoms. The number of carbonyl (C=O) groups excluding carboxylic acids is 1. The SMILES string of the molecule is CN(CCC(=O)O)S(=O)(=O)NCCOCC(N)=O. The number of carboxylic acid groups (broad SMARTS) is 1. The molecule has 0 aliphatic rings. The lowest BCUT2D eigenvalue weighted by atomic mass is 10.4. The molecule has 0 aromatic heterocycles. The molecular formula is C8H17N3O6S. The Morgan fingerprint density at radius 2 is 2.06 bits per heavy atom. The van der Waals surface area contributed by atoms with Crippen molar-refractivity contribution in [3.05, 3.63) is 0 Å². The fourth-order valence-electron chi connectivity index (χ4n) is 0.899. The second kappa shape index (κ2) is 7.97. The fraction of sp³-hybridized carbons (Fsp3) is 0.750. The smallest absolute Gasteiger partial charge is 0.304 e. The van der Waals surface area contributed by atoms with Gasteiger partial charge in [0.1, 0.15) is 6.61 Å². The zero-order chi connectivity index (χ0) is 14.2. The van der Waals surface area contributed by atoms with Gasteiger partial charge in [0.25, 0.3) is 10.2 Å². The lowest BCUT2D eigenvalue weighted by Crippen LogP contribution is -2.40. The van der Waals surface area contributed by atoms with Crippen LogP contribution in [0.15, 0.2) is 0 Å². The van der Waals surface area contributed by atoms with Crippen LogP contribution in [-0.4, -0.2) is 63.1 Å². The van der Waals surface area contributed by atoms with Gasteiger partial charge in [-0.15, -0.1) is 0 Å². The normalized spacial score (nSPS) is 11.7. The molecule has 0 heterocycles. The van der Waals surface area contributed by atoms with Gasteiger partial charge >= 0.3 is 5.97 Å². The van der Waals surface area contributed by atoms with Crippen LogP contribution in [-0.2, 0) is 24.5 Å². The Kier molecular flexibility index (Phi) is 7.43. The van der Waals surface area contributed by atoms with E-state index in [2.05, 4.69) is 4.72 Å². The van der Waals surface area contributed by atoms with Gasteiger partial charge in [0.2, 0.25) is 5.91 Å². The van der Waals surface area contributed by atoms with Crippen molar-refractivity contribution >= 4 is 22.1 Å². The average molecular weight is 283 g/mol. The van der Waals surface area contributed by atoms with Crippen molar-refractivity contribution in [2.75, 3.05) is 33.4 Å². The Hall–Kier alpha value is -1.23. The quantitative estimate of drug-likeness (QED) is 0.386. The molecule has 1 amide bonds. The number of nitrogens with one attached hydrogen (secondary N) is 1. The van der Waals surface area contributed by atoms with Crippen LogP contribution in [0.5, 0.6) is 0 Å². The van der Waals surface area contributed by atoms with E-state index in [0.717, 1.165) is 4.31 Å². The number of hydrogen-bond donors (Lipinski definition) is 3. The molecule has 0 aromatic rings. The zero-order valence-electron chi connectivity index (χ0n) is 9.96. The van der Waals surface area contributed by atoms with E-state index in [9.17, 15) is 18.0 Å². The third kappa shape index (κ3) is 7.95. The Bertz CT molecular complexity index is 382. The minimum absolute atomic E-state index is 0.00502. The molecule has 106 valence electrons. The van der Waals surface area contributed by atoms with E-state index in [1.807, 2.05) is 0 Å². The molecule has 10 heteroatoms. The first-order valence-corrected chi connectivity index (χ1v) is 6.48. The zero-order valence-corrected chi connectivity index (χ0v) is 10.8. The van der Waals surface area contributed by atoms with E-state index in [4.69, 9.17) is 15.6 Å². The number of rotatable bonds is 10. The highest BCUT2D eigenvalue weighted by atomic mass is 32.2. The first-order chi connectivity index (χ1) is 8.25. The molecule has 4 N–H and O–H groups in total. The lowest BCUT2D eigenvalue weighted by Gasteiger charge is -2.16. The highest BCUT2D eigenvalue weighted by Crippen LogP contribution is 1.95. The summed E-state index contributed by atoms with van der Waals surface area (Å²) in [7, 11) is -2.47. The van der Waals surface area contributed by atoms with E-state index in [0.29, 0.717) is 0 Å². The van der Waals surface area contributed by atoms with Gasteiger partial charge < -0.3 is 15.6 Å². The summed E-state index contributed by atoms with van der Waals surface area (Å²) in [4.78, 5) is 20.6. The number of aliphatic carboxylic acids is 1. The number of primary amides is 1. The second-order valence-electron chi connectivity index (χ2n) is 3.38. The minimum Gasteiger partial charge on any atom is -0.481 e. The van der Waals surface area contributed by atoms with Crippen LogP contribution >= 0.6 is 0 Å². The molecule has 18 heavy (non-hydrogen) atoms. The summed E-state index contributed by atoms with van der Waals surface area (Å²) in [6.07, 6.45) is -0.282. The summed E-state index contributed by atoms with van der Waals surface area (Å²) < 4.78 is 30.9. The molecule has 0 aromatic carbocycles. The molecule has 0 bridgehead atoms. The number of nitrogens with zero attached hydrogens (tertiary/aromatic N) is 1. The van der Waals surface area contributed by atoms with Crippen LogP contribution < -0.4 is 10.5 Å². The van der Waals surface area contributed by atoms with Crippen LogP contribution in [0, 0.1) is 0 Å². The Labute approximate surface area is 105 Å². The molecule has 0 atom stereocenters. The highest BCUT2D eigenvalue weighted by molar-refractivity contribution is 7.87. The van der Waals surface area contributed by atoms with E-state index >= 15 is 0 Å². The molecule has 0 radical (unpaired) electrons. The van der Waals surface area contributed by atoms with Crippen molar-refractivity contribution in [2.24, 2.45) is 5.73 Å². The molecule has 0 fully saturated rings. The lowest BCUT2D eigenvalue weighted by molar-refractivity contribution is -0.137. The van der Waals surface area contributed by atoms with Crippen LogP contribution in [0.3, 0.4) is 0 Å². The van der Waals surface area contributed by atoms with Crippen molar-refractivity contribution < 1.29 is 27.9 Å². The largest absolute Gasteiger partial charge is 0.481 e. The maximum absolute atomic E-state index is 11.5. The minimum atomic E-state index is -3.73. The van der Waals surface area contributed by atoms with E-state index in [-0.39, 0.29) is 32.7 Å². The summed E-state index contributed by atoms with van der Waals surface area (Å²) in [6.45, 7) is -0.453. The predicted octanol–water partition coefficient (Wildman–Crippen LogP) is -2.27. The van der Waals surface area contributed by atoms with Crippen LogP contribution in [0.25, 0.3) is 0 Å². The molecular weight excluding hydrogens is 266 g/mol. The first-order valence-electron chi connectivity index (χ1n) is 5.04. The summed E-state index contributed by atoms with van der Waals surface area (Å²) >= 11 is 0. The summed E-state index contributed by atoms with van der Waals surface area (Å²) in [5.41, 5.74) is 4.81. The number of hydrogen-bond acceptors (Lipinski definition) is 5. The van der Waals surface area contributed by atoms with Gasteiger partial charge in [-0.05, 0) is 0 Å². The first kappa shape index (κ1) is 16.8. The van der Waals surface area contributed by atoms with Gasteiger partial charge in [-0.25, -0.2) is 0 Å². The summed E-state index contributed by atoms with van der Waals surface area (Å²) in [6, 6.07) is 0. The van der Waals surface area contributed by atoms with Crippen molar-refractivity contribution in [3.8, 4) is 0 Å². The second-order valence-corrected chi connectivity index (χ2v) is 5.25. The third-order valence-corrected chi connectivity index (χ3v) is 3.40. The third-order valence-electron chi connectivity index (χ3n) is 1.83. The van der Waals surface area contributed by atoms with Gasteiger partial charge in [0.05, 0.1) is 13.0 Å².